The molecule has 0 saturated carbocycles. The van der Waals surface area contributed by atoms with E-state index in [0.29, 0.717) is 5.56 Å². The van der Waals surface area contributed by atoms with Crippen molar-refractivity contribution in [2.24, 2.45) is 0 Å². The van der Waals surface area contributed by atoms with Crippen molar-refractivity contribution in [1.82, 2.24) is 4.98 Å². The number of para-hydroxylation sites is 1. The first-order valence-corrected chi connectivity index (χ1v) is 7.92. The van der Waals surface area contributed by atoms with Gasteiger partial charge in [-0.3, -0.25) is 9.59 Å². The molecule has 0 saturated heterocycles. The third kappa shape index (κ3) is 3.08. The minimum atomic E-state index is -0.162. The summed E-state index contributed by atoms with van der Waals surface area (Å²) in [5.41, 5.74) is 4.14. The van der Waals surface area contributed by atoms with E-state index < -0.39 is 0 Å². The molecule has 0 aliphatic heterocycles. The number of nitrogens with one attached hydrogen (secondary N) is 1. The fourth-order valence-corrected chi connectivity index (χ4v) is 2.86. The Bertz CT molecular complexity index is 973. The van der Waals surface area contributed by atoms with Crippen LogP contribution in [0.5, 0.6) is 0 Å². The van der Waals surface area contributed by atoms with E-state index in [2.05, 4.69) is 4.98 Å². The zero-order valence-corrected chi connectivity index (χ0v) is 14.1. The third-order valence-corrected chi connectivity index (χ3v) is 4.19. The molecule has 0 radical (unpaired) electrons. The maximum atomic E-state index is 12.4. The first-order valence-electron chi connectivity index (χ1n) is 7.92. The van der Waals surface area contributed by atoms with Gasteiger partial charge in [0.25, 0.3) is 5.56 Å². The number of benzene rings is 2. The van der Waals surface area contributed by atoms with E-state index in [9.17, 15) is 9.59 Å². The minimum Gasteiger partial charge on any atom is -0.322 e. The Morgan fingerprint density at radius 3 is 2.58 bits per heavy atom. The molecular weight excluding hydrogens is 300 g/mol. The summed E-state index contributed by atoms with van der Waals surface area (Å²) >= 11 is 0. The average Bonchev–Trinajstić information content (AvgIpc) is 2.55. The summed E-state index contributed by atoms with van der Waals surface area (Å²) in [5.74, 6) is -0.0868. The summed E-state index contributed by atoms with van der Waals surface area (Å²) in [6.45, 7) is 5.73. The van der Waals surface area contributed by atoms with Gasteiger partial charge < -0.3 is 9.88 Å². The lowest BCUT2D eigenvalue weighted by atomic mass is 10.1. The molecule has 4 nitrogen and oxygen atoms in total. The average molecular weight is 320 g/mol. The molecule has 1 heterocycles. The minimum absolute atomic E-state index is 0.0868. The van der Waals surface area contributed by atoms with E-state index >= 15 is 0 Å². The van der Waals surface area contributed by atoms with E-state index in [4.69, 9.17) is 0 Å². The summed E-state index contributed by atoms with van der Waals surface area (Å²) in [5, 5.41) is 0.955. The number of carbonyl (C=O) groups excluding carboxylic acids is 1. The van der Waals surface area contributed by atoms with Gasteiger partial charge in [0.15, 0.2) is 0 Å². The van der Waals surface area contributed by atoms with Gasteiger partial charge in [0.05, 0.1) is 6.54 Å². The fourth-order valence-electron chi connectivity index (χ4n) is 2.86. The Hall–Kier alpha value is -2.88. The van der Waals surface area contributed by atoms with Crippen molar-refractivity contribution in [3.8, 4) is 0 Å². The molecule has 0 spiro atoms. The molecule has 3 aromatic rings. The number of carbonyl (C=O) groups is 1. The quantitative estimate of drug-likeness (QED) is 0.800. The normalized spacial score (nSPS) is 10.8. The van der Waals surface area contributed by atoms with Gasteiger partial charge in [0.1, 0.15) is 0 Å². The number of amides is 1. The Balaban J connectivity index is 2.06. The summed E-state index contributed by atoms with van der Waals surface area (Å²) in [6.07, 6.45) is 0. The van der Waals surface area contributed by atoms with Crippen LogP contribution in [0.3, 0.4) is 0 Å². The first-order chi connectivity index (χ1) is 11.5. The van der Waals surface area contributed by atoms with Crippen LogP contribution >= 0.6 is 0 Å². The molecule has 1 aromatic heterocycles. The number of H-pyrrole nitrogens is 1. The second kappa shape index (κ2) is 6.32. The van der Waals surface area contributed by atoms with E-state index in [1.807, 2.05) is 62.4 Å². The van der Waals surface area contributed by atoms with Gasteiger partial charge in [-0.15, -0.1) is 0 Å². The van der Waals surface area contributed by atoms with Crippen LogP contribution in [0.2, 0.25) is 0 Å². The molecule has 0 fully saturated rings. The van der Waals surface area contributed by atoms with E-state index in [-0.39, 0.29) is 18.0 Å². The number of aryl methyl sites for hydroxylation is 2. The zero-order valence-electron chi connectivity index (χ0n) is 14.1. The van der Waals surface area contributed by atoms with Crippen molar-refractivity contribution in [2.75, 3.05) is 4.90 Å². The maximum Gasteiger partial charge on any atom is 0.253 e. The second-order valence-electron chi connectivity index (χ2n) is 6.11. The molecular formula is C20H20N2O2. The summed E-state index contributed by atoms with van der Waals surface area (Å²) in [6, 6.07) is 15.5. The molecule has 1 N–H and O–H groups in total. The molecule has 0 aliphatic carbocycles. The van der Waals surface area contributed by atoms with Crippen molar-refractivity contribution >= 4 is 22.5 Å². The molecule has 122 valence electrons. The highest BCUT2D eigenvalue weighted by Crippen LogP contribution is 2.23. The Morgan fingerprint density at radius 2 is 1.83 bits per heavy atom. The van der Waals surface area contributed by atoms with Crippen LogP contribution < -0.4 is 10.5 Å². The van der Waals surface area contributed by atoms with Gasteiger partial charge in [-0.05, 0) is 48.6 Å². The van der Waals surface area contributed by atoms with Crippen LogP contribution in [0.1, 0.15) is 23.6 Å². The van der Waals surface area contributed by atoms with Gasteiger partial charge >= 0.3 is 0 Å². The van der Waals surface area contributed by atoms with Crippen LogP contribution in [0.4, 0.5) is 5.69 Å². The summed E-state index contributed by atoms with van der Waals surface area (Å²) < 4.78 is 0. The lowest BCUT2D eigenvalue weighted by molar-refractivity contribution is -0.116. The number of pyridine rings is 1. The SMILES string of the molecule is CC(=O)N(Cc1cc2ccccc2[nH]c1=O)c1cc(C)ccc1C. The predicted molar refractivity (Wildman–Crippen MR) is 97.3 cm³/mol. The van der Waals surface area contributed by atoms with E-state index in [1.165, 1.54) is 6.92 Å². The number of anilines is 1. The Morgan fingerprint density at radius 1 is 1.08 bits per heavy atom. The Kier molecular flexibility index (Phi) is 4.21. The summed E-state index contributed by atoms with van der Waals surface area (Å²) in [4.78, 5) is 29.1. The summed E-state index contributed by atoms with van der Waals surface area (Å²) in [7, 11) is 0. The zero-order chi connectivity index (χ0) is 17.3. The third-order valence-electron chi connectivity index (χ3n) is 4.19. The van der Waals surface area contributed by atoms with Crippen molar-refractivity contribution in [3.63, 3.8) is 0 Å². The molecule has 3 rings (SSSR count). The molecule has 0 bridgehead atoms. The van der Waals surface area contributed by atoms with Gasteiger partial charge in [0, 0.05) is 23.7 Å². The van der Waals surface area contributed by atoms with Crippen LogP contribution in [0.25, 0.3) is 10.9 Å². The van der Waals surface area contributed by atoms with Crippen LogP contribution in [-0.2, 0) is 11.3 Å². The standard InChI is InChI=1S/C20H20N2O2/c1-13-8-9-14(2)19(10-13)22(15(3)23)12-17-11-16-6-4-5-7-18(16)21-20(17)24/h4-11H,12H2,1-3H3,(H,21,24). The van der Waals surface area contributed by atoms with Gasteiger partial charge in [-0.25, -0.2) is 0 Å². The van der Waals surface area contributed by atoms with Gasteiger partial charge in [-0.2, -0.15) is 0 Å². The smallest absolute Gasteiger partial charge is 0.253 e. The van der Waals surface area contributed by atoms with Crippen LogP contribution in [0.15, 0.2) is 53.3 Å². The lowest BCUT2D eigenvalue weighted by Crippen LogP contribution is -2.31. The molecule has 1 amide bonds. The van der Waals surface area contributed by atoms with E-state index in [1.54, 1.807) is 4.90 Å². The predicted octanol–water partition coefficient (Wildman–Crippen LogP) is 3.70. The monoisotopic (exact) mass is 320 g/mol. The highest BCUT2D eigenvalue weighted by molar-refractivity contribution is 5.92. The lowest BCUT2D eigenvalue weighted by Gasteiger charge is -2.23. The van der Waals surface area contributed by atoms with E-state index in [0.717, 1.165) is 27.7 Å². The molecule has 2 aromatic carbocycles. The topological polar surface area (TPSA) is 53.2 Å². The largest absolute Gasteiger partial charge is 0.322 e. The van der Waals surface area contributed by atoms with Crippen LogP contribution in [-0.4, -0.2) is 10.9 Å². The second-order valence-corrected chi connectivity index (χ2v) is 6.11. The van der Waals surface area contributed by atoms with Crippen molar-refractivity contribution in [3.05, 3.63) is 75.6 Å². The number of aromatic nitrogens is 1. The van der Waals surface area contributed by atoms with Crippen molar-refractivity contribution < 1.29 is 4.79 Å². The molecule has 0 unspecified atom stereocenters. The highest BCUT2D eigenvalue weighted by Gasteiger charge is 2.16. The van der Waals surface area contributed by atoms with Crippen molar-refractivity contribution in [1.29, 1.82) is 0 Å². The molecule has 0 aliphatic rings. The highest BCUT2D eigenvalue weighted by atomic mass is 16.2. The number of hydrogen-bond donors (Lipinski definition) is 1. The number of fused-ring (bicyclic) bond motifs is 1. The number of rotatable bonds is 3. The molecule has 4 heteroatoms. The fraction of sp³-hybridized carbons (Fsp3) is 0.200. The number of aromatic amines is 1. The van der Waals surface area contributed by atoms with Crippen LogP contribution in [0, 0.1) is 13.8 Å². The van der Waals surface area contributed by atoms with Gasteiger partial charge in [0.2, 0.25) is 5.91 Å². The number of nitrogens with zero attached hydrogens (tertiary/aromatic N) is 1. The van der Waals surface area contributed by atoms with Gasteiger partial charge in [-0.1, -0.05) is 30.3 Å². The molecule has 0 atom stereocenters. The maximum absolute atomic E-state index is 12.4. The first kappa shape index (κ1) is 16.0. The Labute approximate surface area is 140 Å². The number of hydrogen-bond acceptors (Lipinski definition) is 2. The molecule has 24 heavy (non-hydrogen) atoms. The van der Waals surface area contributed by atoms with Crippen molar-refractivity contribution in [2.45, 2.75) is 27.3 Å².